The van der Waals surface area contributed by atoms with Crippen LogP contribution in [0.4, 0.5) is 5.69 Å². The van der Waals surface area contributed by atoms with Gasteiger partial charge in [0.25, 0.3) is 0 Å². The predicted molar refractivity (Wildman–Crippen MR) is 74.1 cm³/mol. The highest BCUT2D eigenvalue weighted by Gasteiger charge is 1.92. The zero-order chi connectivity index (χ0) is 12.5. The summed E-state index contributed by atoms with van der Waals surface area (Å²) < 4.78 is 0. The number of nitrogens with zero attached hydrogens (tertiary/aromatic N) is 1. The van der Waals surface area contributed by atoms with Gasteiger partial charge in [0.2, 0.25) is 0 Å². The van der Waals surface area contributed by atoms with Crippen molar-refractivity contribution >= 4 is 18.0 Å². The number of rotatable bonds is 5. The highest BCUT2D eigenvalue weighted by atomic mass is 16.1. The Morgan fingerprint density at radius 1 is 0.882 bits per heavy atom. The molecule has 0 fully saturated rings. The number of carbonyl (C=O) groups excluding carboxylic acids is 1. The van der Waals surface area contributed by atoms with Gasteiger partial charge < -0.3 is 4.90 Å². The molecule has 0 spiro atoms. The first-order valence-electron chi connectivity index (χ1n) is 5.46. The van der Waals surface area contributed by atoms with E-state index in [-0.39, 0.29) is 0 Å². The van der Waals surface area contributed by atoms with Crippen LogP contribution in [0.3, 0.4) is 0 Å². The molecule has 0 N–H and O–H groups in total. The quantitative estimate of drug-likeness (QED) is 0.437. The zero-order valence-electron chi connectivity index (χ0n) is 10.2. The van der Waals surface area contributed by atoms with Crippen LogP contribution in [0.5, 0.6) is 0 Å². The summed E-state index contributed by atoms with van der Waals surface area (Å²) >= 11 is 0. The lowest BCUT2D eigenvalue weighted by Crippen LogP contribution is -2.07. The molecule has 0 aliphatic heterocycles. The van der Waals surface area contributed by atoms with Gasteiger partial charge in [-0.05, 0) is 23.8 Å². The minimum absolute atomic E-state index is 0.758. The van der Waals surface area contributed by atoms with Crippen LogP contribution in [0.2, 0.25) is 0 Å². The number of hydrogen-bond donors (Lipinski definition) is 0. The van der Waals surface area contributed by atoms with E-state index < -0.39 is 0 Å². The fourth-order valence-electron chi connectivity index (χ4n) is 1.29. The number of anilines is 1. The lowest BCUT2D eigenvalue weighted by Gasteiger charge is -2.11. The van der Waals surface area contributed by atoms with Crippen molar-refractivity contribution in [2.45, 2.75) is 0 Å². The van der Waals surface area contributed by atoms with Crippen LogP contribution in [-0.2, 0) is 4.79 Å². The maximum Gasteiger partial charge on any atom is 0.142 e. The van der Waals surface area contributed by atoms with Crippen LogP contribution < -0.4 is 4.90 Å². The molecule has 0 unspecified atom stereocenters. The molecule has 0 bridgehead atoms. The molecule has 2 heteroatoms. The van der Waals surface area contributed by atoms with Gasteiger partial charge in [-0.15, -0.1) is 0 Å². The summed E-state index contributed by atoms with van der Waals surface area (Å²) in [6.07, 6.45) is 11.6. The Bertz CT molecular complexity index is 425. The largest absolute Gasteiger partial charge is 0.378 e. The van der Waals surface area contributed by atoms with Crippen molar-refractivity contribution in [2.75, 3.05) is 19.0 Å². The summed E-state index contributed by atoms with van der Waals surface area (Å²) in [5.41, 5.74) is 2.34. The van der Waals surface area contributed by atoms with Gasteiger partial charge in [-0.2, -0.15) is 0 Å². The molecule has 2 nitrogen and oxygen atoms in total. The maximum atomic E-state index is 10.0. The number of aldehydes is 1. The monoisotopic (exact) mass is 227 g/mol. The van der Waals surface area contributed by atoms with Crippen molar-refractivity contribution in [3.63, 3.8) is 0 Å². The fraction of sp³-hybridized carbons (Fsp3) is 0.133. The van der Waals surface area contributed by atoms with Crippen LogP contribution in [0.15, 0.2) is 54.6 Å². The summed E-state index contributed by atoms with van der Waals surface area (Å²) in [6.45, 7) is 0. The van der Waals surface area contributed by atoms with E-state index in [9.17, 15) is 4.79 Å². The van der Waals surface area contributed by atoms with Gasteiger partial charge in [-0.1, -0.05) is 42.5 Å². The molecule has 1 aromatic rings. The minimum Gasteiger partial charge on any atom is -0.378 e. The van der Waals surface area contributed by atoms with E-state index in [1.165, 1.54) is 11.8 Å². The molecule has 88 valence electrons. The average molecular weight is 227 g/mol. The first kappa shape index (κ1) is 13.0. The second kappa shape index (κ2) is 7.23. The molecule has 17 heavy (non-hydrogen) atoms. The van der Waals surface area contributed by atoms with Crippen LogP contribution in [-0.4, -0.2) is 20.4 Å². The second-order valence-electron chi connectivity index (χ2n) is 3.75. The molecule has 0 saturated heterocycles. The SMILES string of the molecule is CN(C)c1ccc(/C=C/C=C/C=C/C=O)cc1. The molecule has 0 atom stereocenters. The number of hydrogen-bond acceptors (Lipinski definition) is 2. The Morgan fingerprint density at radius 2 is 1.47 bits per heavy atom. The Morgan fingerprint density at radius 3 is 2.06 bits per heavy atom. The van der Waals surface area contributed by atoms with Crippen LogP contribution in [0, 0.1) is 0 Å². The number of benzene rings is 1. The van der Waals surface area contributed by atoms with E-state index in [4.69, 9.17) is 0 Å². The van der Waals surface area contributed by atoms with Crippen LogP contribution in [0.25, 0.3) is 6.08 Å². The molecule has 1 rings (SSSR count). The maximum absolute atomic E-state index is 10.0. The topological polar surface area (TPSA) is 20.3 Å². The Balaban J connectivity index is 2.57. The minimum atomic E-state index is 0.758. The van der Waals surface area contributed by atoms with Crippen molar-refractivity contribution in [2.24, 2.45) is 0 Å². The van der Waals surface area contributed by atoms with Crippen molar-refractivity contribution < 1.29 is 4.79 Å². The molecule has 0 aliphatic rings. The summed E-state index contributed by atoms with van der Waals surface area (Å²) in [7, 11) is 4.04. The second-order valence-corrected chi connectivity index (χ2v) is 3.75. The molecule has 1 aromatic carbocycles. The molecule has 0 heterocycles. The molecule has 0 saturated carbocycles. The van der Waals surface area contributed by atoms with Gasteiger partial charge in [0.15, 0.2) is 0 Å². The Hall–Kier alpha value is -2.09. The third-order valence-electron chi connectivity index (χ3n) is 2.22. The molecule has 0 aromatic heterocycles. The van der Waals surface area contributed by atoms with Gasteiger partial charge in [0, 0.05) is 19.8 Å². The van der Waals surface area contributed by atoms with E-state index >= 15 is 0 Å². The lowest BCUT2D eigenvalue weighted by atomic mass is 10.2. The number of allylic oxidation sites excluding steroid dienone is 5. The lowest BCUT2D eigenvalue weighted by molar-refractivity contribution is -0.104. The van der Waals surface area contributed by atoms with Gasteiger partial charge in [0.05, 0.1) is 0 Å². The third-order valence-corrected chi connectivity index (χ3v) is 2.22. The van der Waals surface area contributed by atoms with Crippen molar-refractivity contribution in [1.82, 2.24) is 0 Å². The van der Waals surface area contributed by atoms with E-state index in [0.717, 1.165) is 11.8 Å². The van der Waals surface area contributed by atoms with Gasteiger partial charge >= 0.3 is 0 Å². The molecule has 0 aliphatic carbocycles. The van der Waals surface area contributed by atoms with E-state index in [0.29, 0.717) is 0 Å². The highest BCUT2D eigenvalue weighted by molar-refractivity contribution is 5.65. The third kappa shape index (κ3) is 4.98. The summed E-state index contributed by atoms with van der Waals surface area (Å²) in [5, 5.41) is 0. The zero-order valence-corrected chi connectivity index (χ0v) is 10.2. The van der Waals surface area contributed by atoms with Gasteiger partial charge in [-0.3, -0.25) is 4.79 Å². The Kier molecular flexibility index (Phi) is 5.52. The molecule has 0 amide bonds. The Labute approximate surface area is 103 Å². The molecule has 0 radical (unpaired) electrons. The van der Waals surface area contributed by atoms with E-state index in [1.54, 1.807) is 6.08 Å². The van der Waals surface area contributed by atoms with Crippen molar-refractivity contribution in [1.29, 1.82) is 0 Å². The normalized spacial score (nSPS) is 11.6. The first-order valence-corrected chi connectivity index (χ1v) is 5.46. The van der Waals surface area contributed by atoms with E-state index in [2.05, 4.69) is 29.2 Å². The highest BCUT2D eigenvalue weighted by Crippen LogP contribution is 2.12. The molecular formula is C15H17NO. The van der Waals surface area contributed by atoms with E-state index in [1.807, 2.05) is 38.4 Å². The summed E-state index contributed by atoms with van der Waals surface area (Å²) in [6, 6.07) is 8.30. The summed E-state index contributed by atoms with van der Waals surface area (Å²) in [5.74, 6) is 0. The van der Waals surface area contributed by atoms with Crippen LogP contribution >= 0.6 is 0 Å². The first-order chi connectivity index (χ1) is 8.24. The number of carbonyl (C=O) groups is 1. The van der Waals surface area contributed by atoms with Crippen molar-refractivity contribution in [3.8, 4) is 0 Å². The van der Waals surface area contributed by atoms with Crippen LogP contribution in [0.1, 0.15) is 5.56 Å². The molecular weight excluding hydrogens is 210 g/mol. The van der Waals surface area contributed by atoms with Gasteiger partial charge in [0.1, 0.15) is 6.29 Å². The van der Waals surface area contributed by atoms with Crippen molar-refractivity contribution in [3.05, 3.63) is 60.2 Å². The fourth-order valence-corrected chi connectivity index (χ4v) is 1.29. The predicted octanol–water partition coefficient (Wildman–Crippen LogP) is 3.08. The summed E-state index contributed by atoms with van der Waals surface area (Å²) in [4.78, 5) is 12.1. The standard InChI is InChI=1S/C15H17NO/c1-16(2)15-11-9-14(10-12-15)8-6-4-3-5-7-13-17/h3-13H,1-2H3/b4-3+,7-5+,8-6+. The smallest absolute Gasteiger partial charge is 0.142 e. The average Bonchev–Trinajstić information content (AvgIpc) is 2.34. The van der Waals surface area contributed by atoms with Gasteiger partial charge in [-0.25, -0.2) is 0 Å².